The van der Waals surface area contributed by atoms with Crippen LogP contribution in [0.5, 0.6) is 0 Å². The van der Waals surface area contributed by atoms with Crippen molar-refractivity contribution in [1.29, 1.82) is 0 Å². The fraction of sp³-hybridized carbons (Fsp3) is 0.360. The Morgan fingerprint density at radius 2 is 1.55 bits per heavy atom. The molecule has 0 aromatic heterocycles. The second-order valence-electron chi connectivity index (χ2n) is 8.31. The van der Waals surface area contributed by atoms with Gasteiger partial charge in [0.25, 0.3) is 8.32 Å². The van der Waals surface area contributed by atoms with E-state index in [9.17, 15) is 0 Å². The van der Waals surface area contributed by atoms with Gasteiger partial charge in [0.05, 0.1) is 6.61 Å². The molecule has 0 saturated carbocycles. The molecule has 4 heteroatoms. The van der Waals surface area contributed by atoms with E-state index in [1.165, 1.54) is 10.4 Å². The van der Waals surface area contributed by atoms with E-state index in [1.807, 2.05) is 13.0 Å². The van der Waals surface area contributed by atoms with Gasteiger partial charge in [0.15, 0.2) is 6.29 Å². The van der Waals surface area contributed by atoms with Gasteiger partial charge in [-0.25, -0.2) is 0 Å². The molecule has 2 aromatic carbocycles. The average molecular weight is 409 g/mol. The average Bonchev–Trinajstić information content (AvgIpc) is 3.11. The lowest BCUT2D eigenvalue weighted by molar-refractivity contribution is -0.124. The lowest BCUT2D eigenvalue weighted by Gasteiger charge is -2.43. The first-order chi connectivity index (χ1) is 13.9. The van der Waals surface area contributed by atoms with Crippen LogP contribution in [0.4, 0.5) is 0 Å². The zero-order chi connectivity index (χ0) is 20.9. The first-order valence-electron chi connectivity index (χ1n) is 10.3. The van der Waals surface area contributed by atoms with Crippen molar-refractivity contribution in [2.75, 3.05) is 13.2 Å². The van der Waals surface area contributed by atoms with Crippen LogP contribution in [-0.2, 0) is 13.9 Å². The van der Waals surface area contributed by atoms with Crippen LogP contribution in [0, 0.1) is 0 Å². The molecule has 1 aliphatic heterocycles. The molecule has 0 amide bonds. The third-order valence-corrected chi connectivity index (χ3v) is 10.4. The highest BCUT2D eigenvalue weighted by atomic mass is 28.4. The molecule has 2 aromatic rings. The molecule has 0 fully saturated rings. The molecule has 0 bridgehead atoms. The summed E-state index contributed by atoms with van der Waals surface area (Å²) in [7, 11) is -2.57. The van der Waals surface area contributed by atoms with E-state index in [1.54, 1.807) is 0 Å². The predicted octanol–water partition coefficient (Wildman–Crippen LogP) is 4.44. The van der Waals surface area contributed by atoms with E-state index in [0.29, 0.717) is 13.2 Å². The summed E-state index contributed by atoms with van der Waals surface area (Å²) in [5, 5.41) is 2.48. The quantitative estimate of drug-likeness (QED) is 0.605. The van der Waals surface area contributed by atoms with Crippen molar-refractivity contribution < 1.29 is 13.9 Å². The molecular formula is C25H32O3Si. The van der Waals surface area contributed by atoms with Crippen LogP contribution in [0.3, 0.4) is 0 Å². The molecule has 0 radical (unpaired) electrons. The highest BCUT2D eigenvalue weighted by Crippen LogP contribution is 2.37. The van der Waals surface area contributed by atoms with Gasteiger partial charge < -0.3 is 13.9 Å². The summed E-state index contributed by atoms with van der Waals surface area (Å²) in [5.41, 5.74) is 0.975. The number of benzene rings is 2. The lowest BCUT2D eigenvalue weighted by Crippen LogP contribution is -2.67. The van der Waals surface area contributed by atoms with E-state index >= 15 is 0 Å². The van der Waals surface area contributed by atoms with Gasteiger partial charge in [-0.2, -0.15) is 0 Å². The largest absolute Gasteiger partial charge is 0.404 e. The molecule has 0 spiro atoms. The number of hydrogen-bond donors (Lipinski definition) is 0. The second-order valence-corrected chi connectivity index (χ2v) is 12.6. The van der Waals surface area contributed by atoms with E-state index in [0.717, 1.165) is 5.57 Å². The smallest absolute Gasteiger partial charge is 0.261 e. The molecule has 154 valence electrons. The molecule has 3 nitrogen and oxygen atoms in total. The van der Waals surface area contributed by atoms with Gasteiger partial charge in [0.1, 0.15) is 6.10 Å². The van der Waals surface area contributed by atoms with Crippen molar-refractivity contribution in [3.05, 3.63) is 85.0 Å². The summed E-state index contributed by atoms with van der Waals surface area (Å²) >= 11 is 0. The van der Waals surface area contributed by atoms with Gasteiger partial charge in [-0.05, 0) is 28.4 Å². The molecule has 29 heavy (non-hydrogen) atoms. The SMILES string of the molecule is C=CC1=C[C@@H](CO[Si](c2ccccc2)(c2ccccc2)C(C)(C)C)O[C@H]1OCC. The van der Waals surface area contributed by atoms with Gasteiger partial charge in [-0.15, -0.1) is 0 Å². The Labute approximate surface area is 176 Å². The van der Waals surface area contributed by atoms with Crippen molar-refractivity contribution in [1.82, 2.24) is 0 Å². The molecule has 1 aliphatic rings. The van der Waals surface area contributed by atoms with Crippen LogP contribution < -0.4 is 10.4 Å². The van der Waals surface area contributed by atoms with Gasteiger partial charge >= 0.3 is 0 Å². The highest BCUT2D eigenvalue weighted by molar-refractivity contribution is 6.99. The van der Waals surface area contributed by atoms with Crippen molar-refractivity contribution in [2.45, 2.75) is 45.1 Å². The van der Waals surface area contributed by atoms with Crippen molar-refractivity contribution in [3.63, 3.8) is 0 Å². The fourth-order valence-corrected chi connectivity index (χ4v) is 8.65. The Morgan fingerprint density at radius 1 is 1.00 bits per heavy atom. The van der Waals surface area contributed by atoms with Gasteiger partial charge in [-0.1, -0.05) is 94.1 Å². The summed E-state index contributed by atoms with van der Waals surface area (Å²) < 4.78 is 18.7. The molecule has 0 aliphatic carbocycles. The Kier molecular flexibility index (Phi) is 6.91. The van der Waals surface area contributed by atoms with Crippen LogP contribution in [0.1, 0.15) is 27.7 Å². The predicted molar refractivity (Wildman–Crippen MR) is 122 cm³/mol. The lowest BCUT2D eigenvalue weighted by atomic mass is 10.2. The van der Waals surface area contributed by atoms with Gasteiger partial charge in [-0.3, -0.25) is 0 Å². The zero-order valence-electron chi connectivity index (χ0n) is 17.9. The number of hydrogen-bond acceptors (Lipinski definition) is 3. The summed E-state index contributed by atoms with van der Waals surface area (Å²) in [6.45, 7) is 13.8. The fourth-order valence-electron chi connectivity index (χ4n) is 4.08. The Hall–Kier alpha value is -1.98. The monoisotopic (exact) mass is 408 g/mol. The van der Waals surface area contributed by atoms with Crippen molar-refractivity contribution in [2.24, 2.45) is 0 Å². The maximum Gasteiger partial charge on any atom is 0.261 e. The van der Waals surface area contributed by atoms with Crippen molar-refractivity contribution >= 4 is 18.7 Å². The molecular weight excluding hydrogens is 376 g/mol. The third kappa shape index (κ3) is 4.46. The zero-order valence-corrected chi connectivity index (χ0v) is 18.9. The molecule has 0 saturated heterocycles. The highest BCUT2D eigenvalue weighted by Gasteiger charge is 2.50. The summed E-state index contributed by atoms with van der Waals surface area (Å²) in [5.74, 6) is 0. The van der Waals surface area contributed by atoms with Crippen LogP contribution in [0.25, 0.3) is 0 Å². The van der Waals surface area contributed by atoms with Crippen molar-refractivity contribution in [3.8, 4) is 0 Å². The minimum atomic E-state index is -2.57. The van der Waals surface area contributed by atoms with Gasteiger partial charge in [0, 0.05) is 12.2 Å². The van der Waals surface area contributed by atoms with E-state index in [4.69, 9.17) is 13.9 Å². The van der Waals surface area contributed by atoms with E-state index in [2.05, 4.69) is 94.1 Å². The number of ether oxygens (including phenoxy) is 2. The topological polar surface area (TPSA) is 27.7 Å². The van der Waals surface area contributed by atoms with Crippen LogP contribution in [-0.4, -0.2) is 33.9 Å². The number of rotatable bonds is 8. The summed E-state index contributed by atoms with van der Waals surface area (Å²) in [6, 6.07) is 21.3. The third-order valence-electron chi connectivity index (χ3n) is 5.38. The maximum absolute atomic E-state index is 6.95. The molecule has 1 heterocycles. The standard InChI is InChI=1S/C25H32O3Si/c1-6-20-18-21(28-24(20)26-7-2)19-27-29(25(3,4)5,22-14-10-8-11-15-22)23-16-12-9-13-17-23/h6,8-18,21,24H,1,7,19H2,2-5H3/t21-,24+/m0/s1. The molecule has 0 unspecified atom stereocenters. The summed E-state index contributed by atoms with van der Waals surface area (Å²) in [4.78, 5) is 0. The van der Waals surface area contributed by atoms with E-state index in [-0.39, 0.29) is 17.4 Å². The molecule has 2 atom stereocenters. The first-order valence-corrected chi connectivity index (χ1v) is 12.2. The Balaban J connectivity index is 1.97. The minimum Gasteiger partial charge on any atom is -0.404 e. The van der Waals surface area contributed by atoms with E-state index < -0.39 is 8.32 Å². The Bertz CT molecular complexity index is 785. The van der Waals surface area contributed by atoms with Gasteiger partial charge in [0.2, 0.25) is 0 Å². The summed E-state index contributed by atoms with van der Waals surface area (Å²) in [6.07, 6.45) is 3.38. The molecule has 3 rings (SSSR count). The van der Waals surface area contributed by atoms with Crippen LogP contribution >= 0.6 is 0 Å². The maximum atomic E-state index is 6.95. The van der Waals surface area contributed by atoms with Crippen LogP contribution in [0.2, 0.25) is 5.04 Å². The Morgan fingerprint density at radius 3 is 2.00 bits per heavy atom. The molecule has 0 N–H and O–H groups in total. The minimum absolute atomic E-state index is 0.0569. The first kappa shape index (κ1) is 21.7. The van der Waals surface area contributed by atoms with Crippen LogP contribution in [0.15, 0.2) is 85.0 Å². The second kappa shape index (κ2) is 9.22. The normalized spacial score (nSPS) is 19.8.